The van der Waals surface area contributed by atoms with Crippen LogP contribution in [0.25, 0.3) is 0 Å². The molecule has 0 saturated carbocycles. The molecule has 0 amide bonds. The molecule has 1 saturated heterocycles. The second-order valence-electron chi connectivity index (χ2n) is 14.1. The minimum absolute atomic E-state index is 0.0278. The van der Waals surface area contributed by atoms with Crippen LogP contribution in [-0.4, -0.2) is 95.0 Å². The summed E-state index contributed by atoms with van der Waals surface area (Å²) in [4.78, 5) is 3.53. The molecule has 2 aromatic rings. The molecule has 0 aliphatic carbocycles. The molecular formula is C32H49F3N3O8PS3. The van der Waals surface area contributed by atoms with Crippen molar-refractivity contribution in [2.75, 3.05) is 51.6 Å². The van der Waals surface area contributed by atoms with Crippen LogP contribution in [0.5, 0.6) is 0 Å². The van der Waals surface area contributed by atoms with Gasteiger partial charge in [-0.2, -0.15) is 13.2 Å². The molecule has 11 nitrogen and oxygen atoms in total. The first-order valence-electron chi connectivity index (χ1n) is 16.1. The molecule has 2 N–H and O–H groups in total. The Balaban J connectivity index is 1.68. The number of phosphoric ester groups is 1. The van der Waals surface area contributed by atoms with Gasteiger partial charge in [-0.3, -0.25) is 18.5 Å². The molecule has 3 rings (SSSR count). The fraction of sp³-hybridized carbons (Fsp3) is 0.625. The van der Waals surface area contributed by atoms with E-state index in [1.807, 2.05) is 30.3 Å². The average molecular weight is 788 g/mol. The summed E-state index contributed by atoms with van der Waals surface area (Å²) in [5.74, 6) is 0.228. The molecule has 1 aliphatic rings. The van der Waals surface area contributed by atoms with E-state index in [0.29, 0.717) is 57.5 Å². The standard InChI is InChI=1S/C32H49F3N3O8PS3/c1-30(2,3)45-47(39,46-31(4,5)6)44-21-20-38-18-16-37(17-19-38)15-14-25(24-48-27-10-8-7-9-11-27)22-26-12-13-28(50(36,42)43)23-29(26)49(40,41)32(33,34)35/h7-13,23,25H,14-22,24H2,1-6H3,(H2,36,42,43)/t25-/m0/s1. The number of piperazine rings is 1. The molecule has 2 aromatic carbocycles. The summed E-state index contributed by atoms with van der Waals surface area (Å²) < 4.78 is 120. The number of sulfone groups is 1. The Morgan fingerprint density at radius 2 is 1.40 bits per heavy atom. The first-order valence-corrected chi connectivity index (χ1v) is 21.6. The number of hydrogen-bond donors (Lipinski definition) is 1. The molecule has 50 heavy (non-hydrogen) atoms. The average Bonchev–Trinajstić information content (AvgIpc) is 2.96. The Morgan fingerprint density at radius 1 is 0.860 bits per heavy atom. The highest BCUT2D eigenvalue weighted by Gasteiger charge is 2.48. The van der Waals surface area contributed by atoms with Crippen LogP contribution in [-0.2, 0) is 44.4 Å². The van der Waals surface area contributed by atoms with Gasteiger partial charge in [-0.05, 0) is 96.7 Å². The third-order valence-electron chi connectivity index (χ3n) is 7.45. The number of primary sulfonamides is 1. The number of nitrogens with two attached hydrogens (primary N) is 1. The fourth-order valence-electron chi connectivity index (χ4n) is 5.17. The summed E-state index contributed by atoms with van der Waals surface area (Å²) in [6, 6.07) is 12.1. The zero-order chi connectivity index (χ0) is 37.6. The largest absolute Gasteiger partial charge is 0.501 e. The Bertz CT molecular complexity index is 1660. The van der Waals surface area contributed by atoms with E-state index < -0.39 is 54.2 Å². The highest BCUT2D eigenvalue weighted by Crippen LogP contribution is 2.55. The van der Waals surface area contributed by atoms with Crippen LogP contribution < -0.4 is 5.14 Å². The lowest BCUT2D eigenvalue weighted by Crippen LogP contribution is -2.47. The van der Waals surface area contributed by atoms with Crippen molar-refractivity contribution in [1.82, 2.24) is 9.80 Å². The van der Waals surface area contributed by atoms with Crippen molar-refractivity contribution >= 4 is 39.4 Å². The van der Waals surface area contributed by atoms with Crippen molar-refractivity contribution in [2.45, 2.75) is 85.8 Å². The summed E-state index contributed by atoms with van der Waals surface area (Å²) >= 11 is 1.51. The quantitative estimate of drug-likeness (QED) is 0.150. The Morgan fingerprint density at radius 3 is 1.90 bits per heavy atom. The van der Waals surface area contributed by atoms with Crippen molar-refractivity contribution in [1.29, 1.82) is 0 Å². The van der Waals surface area contributed by atoms with Crippen molar-refractivity contribution in [3.05, 3.63) is 54.1 Å². The maximum absolute atomic E-state index is 13.7. The van der Waals surface area contributed by atoms with Gasteiger partial charge in [0.05, 0.1) is 27.6 Å². The second-order valence-corrected chi connectivity index (χ2v) is 20.2. The third-order valence-corrected chi connectivity index (χ3v) is 13.2. The zero-order valence-electron chi connectivity index (χ0n) is 29.3. The molecule has 1 aliphatic heterocycles. The monoisotopic (exact) mass is 787 g/mol. The summed E-state index contributed by atoms with van der Waals surface area (Å²) in [6.07, 6.45) is 0.517. The van der Waals surface area contributed by atoms with Gasteiger partial charge >= 0.3 is 13.3 Å². The number of sulfonamides is 1. The van der Waals surface area contributed by atoms with Gasteiger partial charge in [0.25, 0.3) is 9.84 Å². The SMILES string of the molecule is CC(C)(C)OP(=O)(OCCN1CCN(CC[C@H](CSc2ccccc2)Cc2ccc(S(N)(=O)=O)cc2S(=O)(=O)C(F)(F)F)CC1)OC(C)(C)C. The fourth-order valence-corrected chi connectivity index (χ4v) is 9.66. The van der Waals surface area contributed by atoms with E-state index in [4.69, 9.17) is 18.7 Å². The van der Waals surface area contributed by atoms with Crippen LogP contribution in [0.4, 0.5) is 13.2 Å². The lowest BCUT2D eigenvalue weighted by Gasteiger charge is -2.36. The van der Waals surface area contributed by atoms with E-state index in [1.165, 1.54) is 11.8 Å². The van der Waals surface area contributed by atoms with Gasteiger partial charge in [-0.25, -0.2) is 26.5 Å². The molecule has 18 heteroatoms. The highest BCUT2D eigenvalue weighted by atomic mass is 32.2. The summed E-state index contributed by atoms with van der Waals surface area (Å²) in [7, 11) is -14.2. The molecule has 1 atom stereocenters. The predicted molar refractivity (Wildman–Crippen MR) is 188 cm³/mol. The number of hydrogen-bond acceptors (Lipinski definition) is 11. The number of phosphoric acid groups is 1. The summed E-state index contributed by atoms with van der Waals surface area (Å²) in [6.45, 7) is 14.6. The van der Waals surface area contributed by atoms with Gasteiger partial charge in [0.15, 0.2) is 0 Å². The highest BCUT2D eigenvalue weighted by molar-refractivity contribution is 7.99. The number of rotatable bonds is 16. The second kappa shape index (κ2) is 17.1. The van der Waals surface area contributed by atoms with Gasteiger partial charge in [0.1, 0.15) is 0 Å². The van der Waals surface area contributed by atoms with E-state index in [9.17, 15) is 34.6 Å². The molecular weight excluding hydrogens is 739 g/mol. The third kappa shape index (κ3) is 13.8. The minimum atomic E-state index is -5.87. The molecule has 0 unspecified atom stereocenters. The van der Waals surface area contributed by atoms with Gasteiger partial charge in [-0.15, -0.1) is 11.8 Å². The van der Waals surface area contributed by atoms with Gasteiger partial charge < -0.3 is 4.90 Å². The molecule has 0 spiro atoms. The maximum Gasteiger partial charge on any atom is 0.501 e. The smallest absolute Gasteiger partial charge is 0.301 e. The van der Waals surface area contributed by atoms with Crippen LogP contribution in [0.15, 0.2) is 63.2 Å². The Hall–Kier alpha value is -1.53. The normalized spacial score (nSPS) is 16.8. The topological polar surface area (TPSA) is 146 Å². The van der Waals surface area contributed by atoms with E-state index in [2.05, 4.69) is 9.80 Å². The first kappa shape index (κ1) is 42.9. The van der Waals surface area contributed by atoms with Gasteiger partial charge in [0.2, 0.25) is 10.0 Å². The van der Waals surface area contributed by atoms with Crippen molar-refractivity contribution in [3.8, 4) is 0 Å². The van der Waals surface area contributed by atoms with Crippen molar-refractivity contribution < 1.29 is 48.1 Å². The molecule has 284 valence electrons. The molecule has 1 fully saturated rings. The minimum Gasteiger partial charge on any atom is -0.301 e. The number of benzene rings is 2. The lowest BCUT2D eigenvalue weighted by atomic mass is 9.97. The zero-order valence-corrected chi connectivity index (χ0v) is 32.7. The van der Waals surface area contributed by atoms with E-state index in [-0.39, 0.29) is 24.5 Å². The van der Waals surface area contributed by atoms with E-state index in [1.54, 1.807) is 41.5 Å². The molecule has 0 aromatic heterocycles. The van der Waals surface area contributed by atoms with Gasteiger partial charge in [-0.1, -0.05) is 24.3 Å². The van der Waals surface area contributed by atoms with Crippen LogP contribution >= 0.6 is 19.6 Å². The van der Waals surface area contributed by atoms with Crippen LogP contribution in [0.1, 0.15) is 53.5 Å². The number of nitrogens with zero attached hydrogens (tertiary/aromatic N) is 2. The summed E-state index contributed by atoms with van der Waals surface area (Å²) in [5, 5.41) is 5.12. The number of halogens is 3. The molecule has 0 radical (unpaired) electrons. The van der Waals surface area contributed by atoms with Crippen molar-refractivity contribution in [3.63, 3.8) is 0 Å². The van der Waals surface area contributed by atoms with Crippen LogP contribution in [0.3, 0.4) is 0 Å². The van der Waals surface area contributed by atoms with E-state index in [0.717, 1.165) is 17.0 Å². The first-order chi connectivity index (χ1) is 22.9. The predicted octanol–water partition coefficient (Wildman–Crippen LogP) is 6.34. The number of thioether (sulfide) groups is 1. The van der Waals surface area contributed by atoms with Crippen molar-refractivity contribution in [2.24, 2.45) is 11.1 Å². The Kier molecular flexibility index (Phi) is 14.6. The van der Waals surface area contributed by atoms with Gasteiger partial charge in [0, 0.05) is 43.4 Å². The molecule has 1 heterocycles. The Labute approximate surface area is 299 Å². The maximum atomic E-state index is 13.7. The van der Waals surface area contributed by atoms with Crippen LogP contribution in [0.2, 0.25) is 0 Å². The number of alkyl halides is 3. The van der Waals surface area contributed by atoms with E-state index >= 15 is 0 Å². The summed E-state index contributed by atoms with van der Waals surface area (Å²) in [5.41, 5.74) is -7.24. The van der Waals surface area contributed by atoms with Crippen LogP contribution in [0, 0.1) is 5.92 Å². The lowest BCUT2D eigenvalue weighted by molar-refractivity contribution is -0.0436. The molecule has 0 bridgehead atoms.